The molecule has 0 aliphatic carbocycles. The number of β-amino-alcohol motifs (C(OH)–C–C–N with tert-alkyl or cyclic N) is 1. The lowest BCUT2D eigenvalue weighted by atomic mass is 10.0. The van der Waals surface area contributed by atoms with Gasteiger partial charge < -0.3 is 25.4 Å². The summed E-state index contributed by atoms with van der Waals surface area (Å²) in [6, 6.07) is 5.12. The Balaban J connectivity index is 1.62. The number of nitrogens with zero attached hydrogens (tertiary/aromatic N) is 4. The molecular weight excluding hydrogens is 336 g/mol. The molecule has 0 saturated carbocycles. The van der Waals surface area contributed by atoms with E-state index in [2.05, 4.69) is 25.6 Å². The first-order chi connectivity index (χ1) is 12.5. The smallest absolute Gasteiger partial charge is 0.256 e. The number of aromatic nitrogens is 3. The second-order valence-electron chi connectivity index (χ2n) is 6.15. The molecule has 138 valence electrons. The van der Waals surface area contributed by atoms with E-state index in [4.69, 9.17) is 4.74 Å². The summed E-state index contributed by atoms with van der Waals surface area (Å²) in [4.78, 5) is 26.7. The molecule has 0 unspecified atom stereocenters. The molecule has 26 heavy (non-hydrogen) atoms. The van der Waals surface area contributed by atoms with Gasteiger partial charge in [-0.15, -0.1) is 0 Å². The molecule has 1 amide bonds. The fourth-order valence-corrected chi connectivity index (χ4v) is 2.92. The van der Waals surface area contributed by atoms with Gasteiger partial charge in [0.15, 0.2) is 0 Å². The van der Waals surface area contributed by atoms with Crippen LogP contribution in [0.4, 0.5) is 11.6 Å². The fourth-order valence-electron chi connectivity index (χ4n) is 2.92. The van der Waals surface area contributed by atoms with E-state index in [0.717, 1.165) is 5.82 Å². The van der Waals surface area contributed by atoms with Crippen LogP contribution in [0.3, 0.4) is 0 Å². The van der Waals surface area contributed by atoms with Crippen LogP contribution >= 0.6 is 0 Å². The number of ether oxygens (including phenoxy) is 1. The number of rotatable bonds is 6. The predicted octanol–water partition coefficient (Wildman–Crippen LogP) is 0.293. The average Bonchev–Trinajstić information content (AvgIpc) is 3.08. The van der Waals surface area contributed by atoms with Crippen molar-refractivity contribution < 1.29 is 14.6 Å². The van der Waals surface area contributed by atoms with Crippen LogP contribution in [-0.4, -0.2) is 65.4 Å². The van der Waals surface area contributed by atoms with E-state index in [0.29, 0.717) is 30.9 Å². The van der Waals surface area contributed by atoms with Crippen LogP contribution in [-0.2, 0) is 0 Å². The molecule has 9 heteroatoms. The molecule has 2 aromatic rings. The maximum atomic E-state index is 12.4. The van der Waals surface area contributed by atoms with E-state index >= 15 is 0 Å². The lowest BCUT2D eigenvalue weighted by Crippen LogP contribution is -2.45. The molecule has 0 bridgehead atoms. The molecule has 9 nitrogen and oxygen atoms in total. The zero-order valence-corrected chi connectivity index (χ0v) is 14.8. The van der Waals surface area contributed by atoms with Crippen molar-refractivity contribution >= 4 is 17.5 Å². The van der Waals surface area contributed by atoms with E-state index in [1.165, 1.54) is 13.4 Å². The van der Waals surface area contributed by atoms with Crippen molar-refractivity contribution in [3.63, 3.8) is 0 Å². The molecule has 3 heterocycles. The Bertz CT molecular complexity index is 787. The third-order valence-corrected chi connectivity index (χ3v) is 4.35. The van der Waals surface area contributed by atoms with Crippen molar-refractivity contribution in [3.05, 3.63) is 36.3 Å². The van der Waals surface area contributed by atoms with Crippen molar-refractivity contribution in [2.24, 2.45) is 0 Å². The summed E-state index contributed by atoms with van der Waals surface area (Å²) in [6.45, 7) is 1.14. The molecule has 2 aromatic heterocycles. The van der Waals surface area contributed by atoms with Gasteiger partial charge in [0.05, 0.1) is 7.11 Å². The number of carbonyl (C=O) groups excluding carboxylic acids is 1. The largest absolute Gasteiger partial charge is 0.480 e. The van der Waals surface area contributed by atoms with Crippen LogP contribution in [0.15, 0.2) is 30.7 Å². The fraction of sp³-hybridized carbons (Fsp3) is 0.412. The van der Waals surface area contributed by atoms with Crippen molar-refractivity contribution in [3.8, 4) is 5.88 Å². The molecule has 1 fully saturated rings. The number of amides is 1. The summed E-state index contributed by atoms with van der Waals surface area (Å²) < 4.78 is 5.10. The Kier molecular flexibility index (Phi) is 5.17. The highest BCUT2D eigenvalue weighted by Gasteiger charge is 2.37. The number of aliphatic hydroxyl groups is 1. The Morgan fingerprint density at radius 1 is 1.42 bits per heavy atom. The maximum absolute atomic E-state index is 12.4. The summed E-state index contributed by atoms with van der Waals surface area (Å²) in [5.74, 6) is 1.37. The number of hydrogen-bond donors (Lipinski definition) is 3. The van der Waals surface area contributed by atoms with E-state index in [-0.39, 0.29) is 18.3 Å². The van der Waals surface area contributed by atoms with Crippen LogP contribution in [0.25, 0.3) is 0 Å². The first kappa shape index (κ1) is 17.9. The minimum atomic E-state index is -1.03. The van der Waals surface area contributed by atoms with Gasteiger partial charge in [-0.1, -0.05) is 0 Å². The minimum Gasteiger partial charge on any atom is -0.480 e. The normalized spacial score (nSPS) is 19.3. The lowest BCUT2D eigenvalue weighted by Gasteiger charge is -2.24. The van der Waals surface area contributed by atoms with E-state index in [1.807, 2.05) is 11.0 Å². The SMILES string of the molecule is CNc1cc(N2CC[C@](O)(CNC(=O)c3cccnc3OC)C2)ncn1. The van der Waals surface area contributed by atoms with Crippen molar-refractivity contribution in [1.82, 2.24) is 20.3 Å². The number of anilines is 2. The third kappa shape index (κ3) is 3.83. The summed E-state index contributed by atoms with van der Waals surface area (Å²) in [7, 11) is 3.25. The summed E-state index contributed by atoms with van der Waals surface area (Å²) >= 11 is 0. The highest BCUT2D eigenvalue weighted by atomic mass is 16.5. The number of methoxy groups -OCH3 is 1. The zero-order chi connectivity index (χ0) is 18.6. The van der Waals surface area contributed by atoms with Gasteiger partial charge in [-0.25, -0.2) is 15.0 Å². The molecule has 1 atom stereocenters. The summed E-state index contributed by atoms with van der Waals surface area (Å²) in [5.41, 5.74) is -0.696. The van der Waals surface area contributed by atoms with Gasteiger partial charge in [0.2, 0.25) is 5.88 Å². The van der Waals surface area contributed by atoms with Crippen LogP contribution in [0, 0.1) is 0 Å². The molecule has 3 N–H and O–H groups in total. The minimum absolute atomic E-state index is 0.129. The average molecular weight is 358 g/mol. The maximum Gasteiger partial charge on any atom is 0.256 e. The van der Waals surface area contributed by atoms with Crippen molar-refractivity contribution in [1.29, 1.82) is 0 Å². The zero-order valence-electron chi connectivity index (χ0n) is 14.8. The number of nitrogens with one attached hydrogen (secondary N) is 2. The van der Waals surface area contributed by atoms with Gasteiger partial charge in [0.1, 0.15) is 29.1 Å². The predicted molar refractivity (Wildman–Crippen MR) is 96.5 cm³/mol. The number of hydrogen-bond acceptors (Lipinski definition) is 8. The molecule has 1 aliphatic heterocycles. The Hall–Kier alpha value is -2.94. The topological polar surface area (TPSA) is 112 Å². The van der Waals surface area contributed by atoms with E-state index in [9.17, 15) is 9.90 Å². The molecule has 1 saturated heterocycles. The monoisotopic (exact) mass is 358 g/mol. The van der Waals surface area contributed by atoms with Crippen LogP contribution in [0.5, 0.6) is 5.88 Å². The molecule has 0 aromatic carbocycles. The molecular formula is C17H22N6O3. The lowest BCUT2D eigenvalue weighted by molar-refractivity contribution is 0.0574. The third-order valence-electron chi connectivity index (χ3n) is 4.35. The molecule has 3 rings (SSSR count). The van der Waals surface area contributed by atoms with Gasteiger partial charge in [0, 0.05) is 38.9 Å². The summed E-state index contributed by atoms with van der Waals surface area (Å²) in [5, 5.41) is 16.5. The second kappa shape index (κ2) is 7.52. The molecule has 1 aliphatic rings. The van der Waals surface area contributed by atoms with Crippen molar-refractivity contribution in [2.45, 2.75) is 12.0 Å². The van der Waals surface area contributed by atoms with Gasteiger partial charge in [0.25, 0.3) is 5.91 Å². The first-order valence-electron chi connectivity index (χ1n) is 8.29. The van der Waals surface area contributed by atoms with Crippen LogP contribution in [0.2, 0.25) is 0 Å². The quantitative estimate of drug-likeness (QED) is 0.676. The molecule has 0 spiro atoms. The summed E-state index contributed by atoms with van der Waals surface area (Å²) in [6.07, 6.45) is 3.56. The van der Waals surface area contributed by atoms with Crippen LogP contribution < -0.4 is 20.3 Å². The standard InChI is InChI=1S/C17H22N6O3/c1-18-13-8-14(22-11-21-13)23-7-5-17(25,10-23)9-20-15(24)12-4-3-6-19-16(12)26-2/h3-4,6,8,11,25H,5,7,9-10H2,1-2H3,(H,20,24)(H,18,21,22)/t17-/m0/s1. The van der Waals surface area contributed by atoms with Gasteiger partial charge >= 0.3 is 0 Å². The van der Waals surface area contributed by atoms with E-state index < -0.39 is 5.60 Å². The Labute approximate surface area is 151 Å². The van der Waals surface area contributed by atoms with Crippen molar-refractivity contribution in [2.75, 3.05) is 44.0 Å². The first-order valence-corrected chi connectivity index (χ1v) is 8.29. The van der Waals surface area contributed by atoms with E-state index in [1.54, 1.807) is 25.4 Å². The van der Waals surface area contributed by atoms with Crippen LogP contribution in [0.1, 0.15) is 16.8 Å². The molecule has 0 radical (unpaired) electrons. The highest BCUT2D eigenvalue weighted by molar-refractivity contribution is 5.96. The number of pyridine rings is 1. The second-order valence-corrected chi connectivity index (χ2v) is 6.15. The Morgan fingerprint density at radius 2 is 2.27 bits per heavy atom. The van der Waals surface area contributed by atoms with Gasteiger partial charge in [-0.2, -0.15) is 0 Å². The van der Waals surface area contributed by atoms with Gasteiger partial charge in [-0.3, -0.25) is 4.79 Å². The number of carbonyl (C=O) groups is 1. The van der Waals surface area contributed by atoms with Gasteiger partial charge in [-0.05, 0) is 18.6 Å². The Morgan fingerprint density at radius 3 is 3.04 bits per heavy atom. The highest BCUT2D eigenvalue weighted by Crippen LogP contribution is 2.26.